The molecule has 1 aliphatic carbocycles. The largest absolute Gasteiger partial charge is 0.367 e. The number of carbonyl (C=O) groups excluding carboxylic acids is 2. The molecular formula is C14H15NO2. The summed E-state index contributed by atoms with van der Waals surface area (Å²) in [5.74, 6) is 0.584. The fraction of sp³-hybridized carbons (Fsp3) is 0.429. The molecule has 3 aliphatic rings. The molecule has 3 nitrogen and oxygen atoms in total. The Hall–Kier alpha value is -1.64. The van der Waals surface area contributed by atoms with Crippen molar-refractivity contribution in [3.8, 4) is 0 Å². The highest BCUT2D eigenvalue weighted by molar-refractivity contribution is 5.88. The number of benzene rings is 1. The Bertz CT molecular complexity index is 469. The van der Waals surface area contributed by atoms with Crippen molar-refractivity contribution in [1.29, 1.82) is 0 Å². The minimum absolute atomic E-state index is 0.180. The highest BCUT2D eigenvalue weighted by atomic mass is 16.1. The maximum Gasteiger partial charge on any atom is 0.152 e. The van der Waals surface area contributed by atoms with Crippen LogP contribution in [-0.4, -0.2) is 24.7 Å². The van der Waals surface area contributed by atoms with Crippen molar-refractivity contribution in [2.75, 3.05) is 11.4 Å². The molecule has 2 unspecified atom stereocenters. The second kappa shape index (κ2) is 3.99. The Morgan fingerprint density at radius 1 is 1.24 bits per heavy atom. The summed E-state index contributed by atoms with van der Waals surface area (Å²) < 4.78 is 0. The van der Waals surface area contributed by atoms with E-state index in [1.54, 1.807) is 0 Å². The van der Waals surface area contributed by atoms with Gasteiger partial charge in [-0.15, -0.1) is 0 Å². The molecule has 2 aliphatic heterocycles. The van der Waals surface area contributed by atoms with E-state index in [2.05, 4.69) is 4.90 Å². The topological polar surface area (TPSA) is 37.4 Å². The van der Waals surface area contributed by atoms with E-state index in [-0.39, 0.29) is 5.92 Å². The predicted molar refractivity (Wildman–Crippen MR) is 65.3 cm³/mol. The molecule has 0 N–H and O–H groups in total. The van der Waals surface area contributed by atoms with Gasteiger partial charge in [-0.1, -0.05) is 12.1 Å². The van der Waals surface area contributed by atoms with E-state index >= 15 is 0 Å². The van der Waals surface area contributed by atoms with E-state index in [4.69, 9.17) is 0 Å². The van der Waals surface area contributed by atoms with E-state index in [0.717, 1.165) is 36.9 Å². The third-order valence-electron chi connectivity index (χ3n) is 3.97. The molecule has 0 aromatic heterocycles. The van der Waals surface area contributed by atoms with Crippen molar-refractivity contribution in [3.63, 3.8) is 0 Å². The molecular weight excluding hydrogens is 214 g/mol. The van der Waals surface area contributed by atoms with Crippen molar-refractivity contribution in [1.82, 2.24) is 0 Å². The number of aldehydes is 1. The van der Waals surface area contributed by atoms with Crippen molar-refractivity contribution < 1.29 is 9.59 Å². The molecule has 2 atom stereocenters. The van der Waals surface area contributed by atoms with Gasteiger partial charge in [0.15, 0.2) is 6.29 Å². The number of carbonyl (C=O) groups is 2. The van der Waals surface area contributed by atoms with Gasteiger partial charge in [0.05, 0.1) is 0 Å². The van der Waals surface area contributed by atoms with E-state index in [1.807, 2.05) is 24.3 Å². The molecule has 1 aromatic rings. The summed E-state index contributed by atoms with van der Waals surface area (Å²) in [6.45, 7) is 0.786. The fourth-order valence-electron chi connectivity index (χ4n) is 3.04. The van der Waals surface area contributed by atoms with Crippen LogP contribution in [0, 0.1) is 5.92 Å². The van der Waals surface area contributed by atoms with Crippen LogP contribution in [0.3, 0.4) is 0 Å². The average molecular weight is 229 g/mol. The second-order valence-corrected chi connectivity index (χ2v) is 4.93. The number of rotatable bonds is 2. The standard InChI is InChI=1S/C14H15NO2/c16-9-11-3-1-2-4-13(11)15-8-10-5-6-12(15)7-14(10)17/h1-4,9-10,12H,5-8H2. The van der Waals surface area contributed by atoms with Crippen molar-refractivity contribution in [2.45, 2.75) is 25.3 Å². The lowest BCUT2D eigenvalue weighted by atomic mass is 9.78. The zero-order chi connectivity index (χ0) is 11.8. The van der Waals surface area contributed by atoms with Crippen LogP contribution >= 0.6 is 0 Å². The number of para-hydroxylation sites is 1. The summed E-state index contributed by atoms with van der Waals surface area (Å²) in [6.07, 6.45) is 3.64. The summed E-state index contributed by atoms with van der Waals surface area (Å²) in [6, 6.07) is 7.95. The number of piperidine rings is 2. The average Bonchev–Trinajstić information content (AvgIpc) is 2.39. The van der Waals surface area contributed by atoms with Crippen LogP contribution in [0.5, 0.6) is 0 Å². The SMILES string of the molecule is O=Cc1ccccc1N1CC2CCC1CC2=O. The first-order chi connectivity index (χ1) is 8.29. The first kappa shape index (κ1) is 10.5. The summed E-state index contributed by atoms with van der Waals surface area (Å²) >= 11 is 0. The van der Waals surface area contributed by atoms with Gasteiger partial charge in [-0.25, -0.2) is 0 Å². The molecule has 3 fully saturated rings. The lowest BCUT2D eigenvalue weighted by Gasteiger charge is -2.46. The number of hydrogen-bond acceptors (Lipinski definition) is 3. The van der Waals surface area contributed by atoms with E-state index in [9.17, 15) is 9.59 Å². The molecule has 17 heavy (non-hydrogen) atoms. The van der Waals surface area contributed by atoms with Crippen LogP contribution in [-0.2, 0) is 4.79 Å². The van der Waals surface area contributed by atoms with Gasteiger partial charge in [-0.2, -0.15) is 0 Å². The third kappa shape index (κ3) is 1.66. The van der Waals surface area contributed by atoms with Gasteiger partial charge in [0, 0.05) is 36.2 Å². The summed E-state index contributed by atoms with van der Waals surface area (Å²) in [5.41, 5.74) is 1.72. The normalized spacial score (nSPS) is 27.3. The van der Waals surface area contributed by atoms with Crippen LogP contribution in [0.4, 0.5) is 5.69 Å². The Labute approximate surface area is 100 Å². The fourth-order valence-corrected chi connectivity index (χ4v) is 3.04. The number of hydrogen-bond donors (Lipinski definition) is 0. The number of anilines is 1. The lowest BCUT2D eigenvalue weighted by molar-refractivity contribution is -0.126. The molecule has 2 heterocycles. The highest BCUT2D eigenvalue weighted by Gasteiger charge is 2.39. The summed E-state index contributed by atoms with van der Waals surface area (Å²) in [5, 5.41) is 0. The molecule has 88 valence electrons. The maximum absolute atomic E-state index is 11.7. The number of Topliss-reactive ketones (excluding diaryl/α,β-unsaturated/α-hetero) is 1. The lowest BCUT2D eigenvalue weighted by Crippen LogP contribution is -2.52. The van der Waals surface area contributed by atoms with Crippen molar-refractivity contribution in [2.24, 2.45) is 5.92 Å². The summed E-state index contributed by atoms with van der Waals surface area (Å²) in [4.78, 5) is 25.0. The van der Waals surface area contributed by atoms with Crippen LogP contribution in [0.15, 0.2) is 24.3 Å². The van der Waals surface area contributed by atoms with Crippen LogP contribution in [0.1, 0.15) is 29.6 Å². The number of ketones is 1. The maximum atomic E-state index is 11.7. The molecule has 2 saturated heterocycles. The highest BCUT2D eigenvalue weighted by Crippen LogP contribution is 2.36. The van der Waals surface area contributed by atoms with Gasteiger partial charge in [0.2, 0.25) is 0 Å². The molecule has 1 saturated carbocycles. The van der Waals surface area contributed by atoms with E-state index in [1.165, 1.54) is 0 Å². The number of nitrogens with zero attached hydrogens (tertiary/aromatic N) is 1. The van der Waals surface area contributed by atoms with Crippen LogP contribution < -0.4 is 4.90 Å². The third-order valence-corrected chi connectivity index (χ3v) is 3.97. The van der Waals surface area contributed by atoms with Gasteiger partial charge in [-0.3, -0.25) is 9.59 Å². The molecule has 1 aromatic carbocycles. The van der Waals surface area contributed by atoms with Crippen LogP contribution in [0.2, 0.25) is 0 Å². The Kier molecular flexibility index (Phi) is 2.46. The minimum Gasteiger partial charge on any atom is -0.367 e. The molecule has 0 spiro atoms. The quantitative estimate of drug-likeness (QED) is 0.728. The second-order valence-electron chi connectivity index (χ2n) is 4.93. The van der Waals surface area contributed by atoms with E-state index < -0.39 is 0 Å². The molecule has 2 bridgehead atoms. The predicted octanol–water partition coefficient (Wildman–Crippen LogP) is 2.06. The minimum atomic E-state index is 0.180. The molecule has 4 rings (SSSR count). The smallest absolute Gasteiger partial charge is 0.152 e. The Balaban J connectivity index is 1.95. The zero-order valence-electron chi connectivity index (χ0n) is 9.63. The molecule has 0 amide bonds. The van der Waals surface area contributed by atoms with Crippen LogP contribution in [0.25, 0.3) is 0 Å². The Morgan fingerprint density at radius 2 is 2.06 bits per heavy atom. The van der Waals surface area contributed by atoms with Crippen molar-refractivity contribution in [3.05, 3.63) is 29.8 Å². The first-order valence-electron chi connectivity index (χ1n) is 6.13. The summed E-state index contributed by atoms with van der Waals surface area (Å²) in [7, 11) is 0. The van der Waals surface area contributed by atoms with Crippen molar-refractivity contribution >= 4 is 17.8 Å². The first-order valence-corrected chi connectivity index (χ1v) is 6.13. The molecule has 0 radical (unpaired) electrons. The number of fused-ring (bicyclic) bond motifs is 3. The molecule has 3 heteroatoms. The van der Waals surface area contributed by atoms with Gasteiger partial charge in [-0.05, 0) is 25.0 Å². The van der Waals surface area contributed by atoms with Gasteiger partial charge >= 0.3 is 0 Å². The Morgan fingerprint density at radius 3 is 2.71 bits per heavy atom. The van der Waals surface area contributed by atoms with Gasteiger partial charge in [0.25, 0.3) is 0 Å². The monoisotopic (exact) mass is 229 g/mol. The zero-order valence-corrected chi connectivity index (χ0v) is 9.63. The van der Waals surface area contributed by atoms with Gasteiger partial charge in [0.1, 0.15) is 5.78 Å². The van der Waals surface area contributed by atoms with Gasteiger partial charge < -0.3 is 4.90 Å². The van der Waals surface area contributed by atoms with E-state index in [0.29, 0.717) is 18.2 Å².